The van der Waals surface area contributed by atoms with Crippen LogP contribution >= 0.6 is 11.6 Å². The normalized spacial score (nSPS) is 10.8. The summed E-state index contributed by atoms with van der Waals surface area (Å²) >= 11 is 6.29. The van der Waals surface area contributed by atoms with Gasteiger partial charge >= 0.3 is 0 Å². The molecule has 0 aliphatic heterocycles. The molecule has 0 amide bonds. The van der Waals surface area contributed by atoms with E-state index in [1.165, 1.54) is 24.3 Å². The summed E-state index contributed by atoms with van der Waals surface area (Å²) < 4.78 is 24.6. The minimum absolute atomic E-state index is 0.104. The van der Waals surface area contributed by atoms with Crippen molar-refractivity contribution in [2.24, 2.45) is 0 Å². The summed E-state index contributed by atoms with van der Waals surface area (Å²) in [6.45, 7) is -0.411. The van der Waals surface area contributed by atoms with E-state index in [2.05, 4.69) is 0 Å². The van der Waals surface area contributed by atoms with Crippen molar-refractivity contribution < 1.29 is 18.3 Å². The van der Waals surface area contributed by atoms with Crippen molar-refractivity contribution in [1.29, 1.82) is 0 Å². The number of Topliss-reactive ketones (excluding diaryl/α,β-unsaturated/α-hetero) is 1. The number of carbonyl (C=O) groups excluding carboxylic acids is 1. The van der Waals surface area contributed by atoms with Crippen molar-refractivity contribution in [1.82, 2.24) is 0 Å². The summed E-state index contributed by atoms with van der Waals surface area (Å²) in [5, 5.41) is 0.702. The second kappa shape index (κ2) is 7.89. The number of fused-ring (bicyclic) bond motifs is 1. The molecule has 1 heterocycles. The molecule has 0 fully saturated rings. The minimum Gasteiger partial charge on any atom is -0.478 e. The molecule has 1 aromatic heterocycles. The van der Waals surface area contributed by atoms with E-state index in [1.54, 1.807) is 48.5 Å². The van der Waals surface area contributed by atoms with E-state index in [0.29, 0.717) is 21.6 Å². The molecule has 4 nitrogen and oxygen atoms in total. The summed E-state index contributed by atoms with van der Waals surface area (Å²) in [6.07, 6.45) is 0. The van der Waals surface area contributed by atoms with E-state index in [4.69, 9.17) is 20.8 Å². The fourth-order valence-corrected chi connectivity index (χ4v) is 3.16. The number of benzene rings is 3. The number of rotatable bonds is 5. The molecule has 4 aromatic rings. The number of halogens is 2. The van der Waals surface area contributed by atoms with Crippen molar-refractivity contribution in [3.8, 4) is 17.1 Å². The molecular formula is C23H14ClFO4. The highest BCUT2D eigenvalue weighted by Gasteiger charge is 2.20. The number of ketones is 1. The van der Waals surface area contributed by atoms with Gasteiger partial charge in [0.15, 0.2) is 18.2 Å². The first kappa shape index (κ1) is 18.9. The Bertz CT molecular complexity index is 1260. The van der Waals surface area contributed by atoms with Crippen molar-refractivity contribution in [2.45, 2.75) is 0 Å². The third kappa shape index (κ3) is 3.77. The van der Waals surface area contributed by atoms with Gasteiger partial charge in [-0.3, -0.25) is 9.59 Å². The molecule has 0 spiro atoms. The van der Waals surface area contributed by atoms with E-state index in [0.717, 1.165) is 0 Å². The lowest BCUT2D eigenvalue weighted by Gasteiger charge is -2.12. The zero-order valence-electron chi connectivity index (χ0n) is 15.0. The monoisotopic (exact) mass is 408 g/mol. The van der Waals surface area contributed by atoms with Gasteiger partial charge in [-0.25, -0.2) is 4.39 Å². The Hall–Kier alpha value is -3.44. The predicted octanol–water partition coefficient (Wildman–Crippen LogP) is 5.51. The first-order chi connectivity index (χ1) is 14.0. The Kier molecular flexibility index (Phi) is 5.14. The Morgan fingerprint density at radius 2 is 1.66 bits per heavy atom. The van der Waals surface area contributed by atoms with E-state index >= 15 is 0 Å². The van der Waals surface area contributed by atoms with Crippen LogP contribution in [0.25, 0.3) is 22.3 Å². The highest BCUT2D eigenvalue weighted by Crippen LogP contribution is 2.35. The molecule has 0 saturated heterocycles. The molecule has 144 valence electrons. The Morgan fingerprint density at radius 3 is 2.41 bits per heavy atom. The number of hydrogen-bond acceptors (Lipinski definition) is 4. The molecule has 3 aromatic carbocycles. The summed E-state index contributed by atoms with van der Waals surface area (Å²) in [6, 6.07) is 18.7. The van der Waals surface area contributed by atoms with Crippen molar-refractivity contribution in [3.05, 3.63) is 99.4 Å². The molecular weight excluding hydrogens is 395 g/mol. The van der Waals surface area contributed by atoms with Gasteiger partial charge in [0.1, 0.15) is 11.4 Å². The quantitative estimate of drug-likeness (QED) is 0.408. The van der Waals surface area contributed by atoms with E-state index in [1.807, 2.05) is 0 Å². The van der Waals surface area contributed by atoms with Gasteiger partial charge in [0.05, 0.1) is 10.4 Å². The summed E-state index contributed by atoms with van der Waals surface area (Å²) in [5.74, 6) is -0.806. The zero-order chi connectivity index (χ0) is 20.4. The van der Waals surface area contributed by atoms with Gasteiger partial charge in [-0.05, 0) is 48.5 Å². The van der Waals surface area contributed by atoms with Crippen LogP contribution < -0.4 is 10.2 Å². The molecule has 0 atom stereocenters. The Balaban J connectivity index is 1.78. The van der Waals surface area contributed by atoms with Gasteiger partial charge in [-0.2, -0.15) is 0 Å². The maximum absolute atomic E-state index is 13.1. The molecule has 0 saturated carbocycles. The predicted molar refractivity (Wildman–Crippen MR) is 109 cm³/mol. The van der Waals surface area contributed by atoms with Crippen LogP contribution in [-0.2, 0) is 0 Å². The maximum atomic E-state index is 13.1. The standard InChI is InChI=1S/C23H14ClFO4/c24-18-7-3-1-5-16(18)22-23(21(27)17-6-2-4-8-20(17)29-22)28-13-19(26)14-9-11-15(25)12-10-14/h1-12H,13H2. The third-order valence-electron chi connectivity index (χ3n) is 4.39. The van der Waals surface area contributed by atoms with Crippen LogP contribution in [0.5, 0.6) is 5.75 Å². The van der Waals surface area contributed by atoms with Crippen LogP contribution in [0.4, 0.5) is 4.39 Å². The highest BCUT2D eigenvalue weighted by atomic mass is 35.5. The zero-order valence-corrected chi connectivity index (χ0v) is 15.8. The van der Waals surface area contributed by atoms with Crippen LogP contribution in [0.1, 0.15) is 10.4 Å². The van der Waals surface area contributed by atoms with Gasteiger partial charge in [-0.1, -0.05) is 35.9 Å². The molecule has 0 aliphatic rings. The lowest BCUT2D eigenvalue weighted by Crippen LogP contribution is -2.17. The second-order valence-corrected chi connectivity index (χ2v) is 6.69. The van der Waals surface area contributed by atoms with E-state index < -0.39 is 23.6 Å². The van der Waals surface area contributed by atoms with E-state index in [-0.39, 0.29) is 17.1 Å². The van der Waals surface area contributed by atoms with Crippen LogP contribution in [0, 0.1) is 5.82 Å². The maximum Gasteiger partial charge on any atom is 0.235 e. The topological polar surface area (TPSA) is 56.5 Å². The molecule has 0 radical (unpaired) electrons. The van der Waals surface area contributed by atoms with Gasteiger partial charge in [0, 0.05) is 11.1 Å². The van der Waals surface area contributed by atoms with Crippen LogP contribution in [0.3, 0.4) is 0 Å². The van der Waals surface area contributed by atoms with Gasteiger partial charge in [0.2, 0.25) is 11.2 Å². The molecule has 0 aliphatic carbocycles. The van der Waals surface area contributed by atoms with Crippen molar-refractivity contribution in [2.75, 3.05) is 6.61 Å². The molecule has 4 rings (SSSR count). The second-order valence-electron chi connectivity index (χ2n) is 6.28. The molecule has 29 heavy (non-hydrogen) atoms. The van der Waals surface area contributed by atoms with Gasteiger partial charge < -0.3 is 9.15 Å². The lowest BCUT2D eigenvalue weighted by atomic mass is 10.1. The summed E-state index contributed by atoms with van der Waals surface area (Å²) in [7, 11) is 0. The lowest BCUT2D eigenvalue weighted by molar-refractivity contribution is 0.0920. The number of carbonyl (C=O) groups is 1. The molecule has 6 heteroatoms. The molecule has 0 bridgehead atoms. The van der Waals surface area contributed by atoms with Gasteiger partial charge in [0.25, 0.3) is 0 Å². The highest BCUT2D eigenvalue weighted by molar-refractivity contribution is 6.33. The molecule has 0 unspecified atom stereocenters. The minimum atomic E-state index is -0.446. The fraction of sp³-hybridized carbons (Fsp3) is 0.0435. The largest absolute Gasteiger partial charge is 0.478 e. The molecule has 0 N–H and O–H groups in total. The van der Waals surface area contributed by atoms with E-state index in [9.17, 15) is 14.0 Å². The van der Waals surface area contributed by atoms with Crippen molar-refractivity contribution in [3.63, 3.8) is 0 Å². The first-order valence-electron chi connectivity index (χ1n) is 8.77. The average molecular weight is 409 g/mol. The van der Waals surface area contributed by atoms with Crippen LogP contribution in [0.15, 0.2) is 82.0 Å². The Morgan fingerprint density at radius 1 is 0.966 bits per heavy atom. The summed E-state index contributed by atoms with van der Waals surface area (Å²) in [4.78, 5) is 25.5. The SMILES string of the molecule is O=C(COc1c(-c2ccccc2Cl)oc2ccccc2c1=O)c1ccc(F)cc1. The number of hydrogen-bond donors (Lipinski definition) is 0. The van der Waals surface area contributed by atoms with Crippen molar-refractivity contribution >= 4 is 28.4 Å². The average Bonchev–Trinajstić information content (AvgIpc) is 2.74. The van der Waals surface area contributed by atoms with Crippen LogP contribution in [-0.4, -0.2) is 12.4 Å². The van der Waals surface area contributed by atoms with Crippen LogP contribution in [0.2, 0.25) is 5.02 Å². The number of ether oxygens (including phenoxy) is 1. The number of para-hydroxylation sites is 1. The Labute approximate surface area is 170 Å². The first-order valence-corrected chi connectivity index (χ1v) is 9.14. The summed E-state index contributed by atoms with van der Waals surface area (Å²) in [5.41, 5.74) is 0.718. The smallest absolute Gasteiger partial charge is 0.235 e. The van der Waals surface area contributed by atoms with Gasteiger partial charge in [-0.15, -0.1) is 0 Å². The third-order valence-corrected chi connectivity index (χ3v) is 4.72. The fourth-order valence-electron chi connectivity index (χ4n) is 2.94.